The molecule has 0 atom stereocenters. The van der Waals surface area contributed by atoms with E-state index in [0.717, 1.165) is 47.8 Å². The Bertz CT molecular complexity index is 1290. The summed E-state index contributed by atoms with van der Waals surface area (Å²) in [5.74, 6) is -1.53. The Morgan fingerprint density at radius 1 is 0.971 bits per heavy atom. The van der Waals surface area contributed by atoms with Crippen LogP contribution in [0.2, 0.25) is 0 Å². The van der Waals surface area contributed by atoms with Crippen LogP contribution in [0, 0.1) is 5.92 Å². The van der Waals surface area contributed by atoms with Crippen molar-refractivity contribution < 1.29 is 19.5 Å². The van der Waals surface area contributed by atoms with E-state index in [0.29, 0.717) is 18.0 Å². The van der Waals surface area contributed by atoms with Gasteiger partial charge < -0.3 is 21.1 Å². The van der Waals surface area contributed by atoms with E-state index in [1.165, 1.54) is 24.3 Å². The molecule has 1 aliphatic heterocycles. The van der Waals surface area contributed by atoms with Crippen molar-refractivity contribution in [1.82, 2.24) is 10.6 Å². The highest BCUT2D eigenvalue weighted by atomic mass is 16.4. The first kappa shape index (κ1) is 24.2. The number of carbonyl (C=O) groups is 3. The number of hydrogen-bond donors (Lipinski definition) is 4. The van der Waals surface area contributed by atoms with Gasteiger partial charge in [-0.15, -0.1) is 0 Å². The number of anilines is 1. The normalized spacial score (nSPS) is 14.5. The summed E-state index contributed by atoms with van der Waals surface area (Å²) < 4.78 is 0. The number of carboxylic acid groups (broad SMARTS) is 1. The first-order chi connectivity index (χ1) is 16.9. The number of nitrogens with one attached hydrogen (secondary N) is 3. The van der Waals surface area contributed by atoms with Crippen molar-refractivity contribution in [2.75, 3.05) is 25.0 Å². The number of benzene rings is 3. The van der Waals surface area contributed by atoms with Crippen LogP contribution in [0.1, 0.15) is 46.0 Å². The molecule has 180 valence electrons. The molecule has 0 spiro atoms. The van der Waals surface area contributed by atoms with E-state index in [1.807, 2.05) is 49.4 Å². The average Bonchev–Trinajstić information content (AvgIpc) is 2.87. The molecule has 3 aromatic carbocycles. The number of hydrogen-bond acceptors (Lipinski definition) is 4. The SMILES string of the molecule is CC(=CC(=O)Nc1cc(C(=O)NCC2CCNCC2)ccc1C(=O)O)c1ccc2ccccc2c1. The van der Waals surface area contributed by atoms with Crippen molar-refractivity contribution in [3.05, 3.63) is 83.4 Å². The van der Waals surface area contributed by atoms with Crippen LogP contribution in [-0.2, 0) is 4.79 Å². The van der Waals surface area contributed by atoms with E-state index in [4.69, 9.17) is 0 Å². The van der Waals surface area contributed by atoms with Gasteiger partial charge in [-0.3, -0.25) is 9.59 Å². The first-order valence-electron chi connectivity index (χ1n) is 11.8. The van der Waals surface area contributed by atoms with Crippen LogP contribution in [-0.4, -0.2) is 42.5 Å². The summed E-state index contributed by atoms with van der Waals surface area (Å²) in [4.78, 5) is 37.2. The minimum absolute atomic E-state index is 0.0787. The van der Waals surface area contributed by atoms with Crippen LogP contribution in [0.4, 0.5) is 5.69 Å². The molecule has 3 aromatic rings. The molecular formula is C28H29N3O4. The molecule has 35 heavy (non-hydrogen) atoms. The number of carbonyl (C=O) groups excluding carboxylic acids is 2. The highest BCUT2D eigenvalue weighted by molar-refractivity contribution is 6.08. The minimum atomic E-state index is -1.18. The second-order valence-corrected chi connectivity index (χ2v) is 8.85. The number of rotatable bonds is 7. The molecule has 7 nitrogen and oxygen atoms in total. The zero-order valence-corrected chi connectivity index (χ0v) is 19.6. The molecule has 0 radical (unpaired) electrons. The van der Waals surface area contributed by atoms with Gasteiger partial charge in [0.05, 0.1) is 11.3 Å². The Morgan fingerprint density at radius 3 is 2.43 bits per heavy atom. The van der Waals surface area contributed by atoms with E-state index < -0.39 is 11.9 Å². The molecule has 0 saturated carbocycles. The second-order valence-electron chi connectivity index (χ2n) is 8.85. The van der Waals surface area contributed by atoms with Gasteiger partial charge in [-0.2, -0.15) is 0 Å². The van der Waals surface area contributed by atoms with Gasteiger partial charge in [-0.05, 0) is 84.9 Å². The maximum atomic E-state index is 12.8. The third-order valence-corrected chi connectivity index (χ3v) is 6.33. The lowest BCUT2D eigenvalue weighted by Crippen LogP contribution is -2.36. The summed E-state index contributed by atoms with van der Waals surface area (Å²) >= 11 is 0. The van der Waals surface area contributed by atoms with Crippen LogP contribution in [0.5, 0.6) is 0 Å². The lowest BCUT2D eigenvalue weighted by atomic mass is 9.98. The number of carboxylic acids is 1. The highest BCUT2D eigenvalue weighted by Crippen LogP contribution is 2.22. The number of piperidine rings is 1. The van der Waals surface area contributed by atoms with Crippen LogP contribution < -0.4 is 16.0 Å². The van der Waals surface area contributed by atoms with E-state index >= 15 is 0 Å². The quantitative estimate of drug-likeness (QED) is 0.384. The van der Waals surface area contributed by atoms with Gasteiger partial charge in [0.15, 0.2) is 0 Å². The summed E-state index contributed by atoms with van der Waals surface area (Å²) in [5, 5.41) is 20.6. The second kappa shape index (κ2) is 11.0. The lowest BCUT2D eigenvalue weighted by Gasteiger charge is -2.22. The van der Waals surface area contributed by atoms with Gasteiger partial charge >= 0.3 is 5.97 Å². The van der Waals surface area contributed by atoms with E-state index in [9.17, 15) is 19.5 Å². The predicted molar refractivity (Wildman–Crippen MR) is 138 cm³/mol. The predicted octanol–water partition coefficient (Wildman–Crippen LogP) is 4.31. The summed E-state index contributed by atoms with van der Waals surface area (Å²) in [6.07, 6.45) is 3.43. The minimum Gasteiger partial charge on any atom is -0.478 e. The van der Waals surface area contributed by atoms with Gasteiger partial charge in [0.2, 0.25) is 5.91 Å². The fourth-order valence-corrected chi connectivity index (χ4v) is 4.28. The average molecular weight is 472 g/mol. The Morgan fingerprint density at radius 2 is 1.69 bits per heavy atom. The van der Waals surface area contributed by atoms with Crippen molar-refractivity contribution in [3.63, 3.8) is 0 Å². The van der Waals surface area contributed by atoms with Gasteiger partial charge in [-0.25, -0.2) is 4.79 Å². The Hall–Kier alpha value is -3.97. The molecule has 0 bridgehead atoms. The lowest BCUT2D eigenvalue weighted by molar-refractivity contribution is -0.111. The Labute approximate surface area is 204 Å². The maximum Gasteiger partial charge on any atom is 0.337 e. The van der Waals surface area contributed by atoms with Crippen molar-refractivity contribution in [2.24, 2.45) is 5.92 Å². The maximum absolute atomic E-state index is 12.8. The third-order valence-electron chi connectivity index (χ3n) is 6.33. The monoisotopic (exact) mass is 471 g/mol. The first-order valence-corrected chi connectivity index (χ1v) is 11.8. The highest BCUT2D eigenvalue weighted by Gasteiger charge is 2.18. The number of amides is 2. The van der Waals surface area contributed by atoms with Crippen molar-refractivity contribution in [3.8, 4) is 0 Å². The molecule has 2 amide bonds. The standard InChI is InChI=1S/C28H29N3O4/c1-18(21-7-6-20-4-2-3-5-22(20)15-21)14-26(32)31-25-16-23(8-9-24(25)28(34)35)27(33)30-17-19-10-12-29-13-11-19/h2-9,14-16,19,29H,10-13,17H2,1H3,(H,30,33)(H,31,32)(H,34,35). The van der Waals surface area contributed by atoms with Crippen LogP contribution in [0.25, 0.3) is 16.3 Å². The van der Waals surface area contributed by atoms with Gasteiger partial charge in [-0.1, -0.05) is 36.4 Å². The topological polar surface area (TPSA) is 108 Å². The van der Waals surface area contributed by atoms with Crippen molar-refractivity contribution in [2.45, 2.75) is 19.8 Å². The summed E-state index contributed by atoms with van der Waals surface area (Å²) in [7, 11) is 0. The van der Waals surface area contributed by atoms with Gasteiger partial charge in [0.25, 0.3) is 5.91 Å². The van der Waals surface area contributed by atoms with Crippen LogP contribution in [0.15, 0.2) is 66.7 Å². The molecule has 1 saturated heterocycles. The van der Waals surface area contributed by atoms with E-state index in [-0.39, 0.29) is 17.2 Å². The molecule has 1 fully saturated rings. The molecule has 1 aliphatic rings. The number of fused-ring (bicyclic) bond motifs is 1. The van der Waals surface area contributed by atoms with Crippen LogP contribution >= 0.6 is 0 Å². The van der Waals surface area contributed by atoms with Gasteiger partial charge in [0.1, 0.15) is 0 Å². The Kier molecular flexibility index (Phi) is 7.57. The van der Waals surface area contributed by atoms with Gasteiger partial charge in [0, 0.05) is 18.2 Å². The Balaban J connectivity index is 1.49. The molecule has 7 heteroatoms. The van der Waals surface area contributed by atoms with Crippen molar-refractivity contribution >= 4 is 39.8 Å². The third kappa shape index (κ3) is 6.13. The fraction of sp³-hybridized carbons (Fsp3) is 0.250. The smallest absolute Gasteiger partial charge is 0.337 e. The number of aromatic carboxylic acids is 1. The zero-order valence-electron chi connectivity index (χ0n) is 19.6. The summed E-state index contributed by atoms with van der Waals surface area (Å²) in [5.41, 5.74) is 1.93. The van der Waals surface area contributed by atoms with Crippen molar-refractivity contribution in [1.29, 1.82) is 0 Å². The molecule has 0 aliphatic carbocycles. The van der Waals surface area contributed by atoms with E-state index in [1.54, 1.807) is 0 Å². The molecular weight excluding hydrogens is 442 g/mol. The molecule has 4 rings (SSSR count). The van der Waals surface area contributed by atoms with E-state index in [2.05, 4.69) is 16.0 Å². The molecule has 1 heterocycles. The summed E-state index contributed by atoms with van der Waals surface area (Å²) in [6, 6.07) is 18.1. The zero-order chi connectivity index (χ0) is 24.8. The molecule has 4 N–H and O–H groups in total. The largest absolute Gasteiger partial charge is 0.478 e. The fourth-order valence-electron chi connectivity index (χ4n) is 4.28. The van der Waals surface area contributed by atoms with Crippen LogP contribution in [0.3, 0.4) is 0 Å². The molecule has 0 aromatic heterocycles. The molecule has 0 unspecified atom stereocenters. The number of allylic oxidation sites excluding steroid dienone is 1. The summed E-state index contributed by atoms with van der Waals surface area (Å²) in [6.45, 7) is 4.27.